The Morgan fingerprint density at radius 2 is 1.07 bits per heavy atom. The first kappa shape index (κ1) is 15.2. The standard InChI is InChI=1S/C5H5N.C2H2N4.2ClH/c2*1-2-4-6-5-3-1;;/h1-5H;1-2H;2*1H. The molecule has 0 aliphatic carbocycles. The van der Waals surface area contributed by atoms with Crippen LogP contribution in [0.4, 0.5) is 0 Å². The molecule has 0 radical (unpaired) electrons. The molecule has 5 nitrogen and oxygen atoms in total. The van der Waals surface area contributed by atoms with E-state index in [9.17, 15) is 0 Å². The molecule has 2 heterocycles. The van der Waals surface area contributed by atoms with Crippen molar-refractivity contribution in [2.45, 2.75) is 0 Å². The number of halogens is 2. The molecule has 2 aromatic heterocycles. The number of nitrogens with zero attached hydrogens (tertiary/aromatic N) is 5. The van der Waals surface area contributed by atoms with Gasteiger partial charge in [0.05, 0.1) is 12.4 Å². The highest BCUT2D eigenvalue weighted by Crippen LogP contribution is 1.73. The summed E-state index contributed by atoms with van der Waals surface area (Å²) in [7, 11) is 0. The second-order valence-corrected chi connectivity index (χ2v) is 1.73. The first-order valence-corrected chi connectivity index (χ1v) is 3.30. The molecule has 0 saturated carbocycles. The zero-order chi connectivity index (χ0) is 8.49. The number of hydrogen-bond acceptors (Lipinski definition) is 5. The molecule has 0 bridgehead atoms. The molecule has 0 fully saturated rings. The van der Waals surface area contributed by atoms with Gasteiger partial charge in [-0.1, -0.05) is 6.07 Å². The number of aromatic nitrogens is 5. The summed E-state index contributed by atoms with van der Waals surface area (Å²) < 4.78 is 0. The summed E-state index contributed by atoms with van der Waals surface area (Å²) in [6.45, 7) is 0. The highest BCUT2D eigenvalue weighted by atomic mass is 35.5. The zero-order valence-electron chi connectivity index (χ0n) is 7.09. The van der Waals surface area contributed by atoms with Crippen molar-refractivity contribution in [2.24, 2.45) is 0 Å². The summed E-state index contributed by atoms with van der Waals surface area (Å²) in [5, 5.41) is 13.1. The molecular formula is C7H9Cl2N5. The third-order valence-corrected chi connectivity index (χ3v) is 0.910. The predicted molar refractivity (Wildman–Crippen MR) is 56.4 cm³/mol. The lowest BCUT2D eigenvalue weighted by atomic mass is 10.5. The average Bonchev–Trinajstić information content (AvgIpc) is 2.24. The summed E-state index contributed by atoms with van der Waals surface area (Å²) in [6.07, 6.45) is 6.43. The van der Waals surface area contributed by atoms with Crippen LogP contribution in [0.15, 0.2) is 43.0 Å². The van der Waals surface area contributed by atoms with E-state index in [2.05, 4.69) is 25.6 Å². The van der Waals surface area contributed by atoms with E-state index in [0.29, 0.717) is 0 Å². The molecule has 14 heavy (non-hydrogen) atoms. The van der Waals surface area contributed by atoms with Gasteiger partial charge >= 0.3 is 0 Å². The molecule has 0 aliphatic rings. The molecule has 2 rings (SSSR count). The summed E-state index contributed by atoms with van der Waals surface area (Å²) in [4.78, 5) is 3.78. The van der Waals surface area contributed by atoms with Crippen LogP contribution in [0.1, 0.15) is 0 Å². The normalized spacial score (nSPS) is 6.86. The van der Waals surface area contributed by atoms with Gasteiger partial charge in [0.15, 0.2) is 0 Å². The molecule has 0 atom stereocenters. The Labute approximate surface area is 93.8 Å². The van der Waals surface area contributed by atoms with Crippen LogP contribution in [-0.4, -0.2) is 25.6 Å². The van der Waals surface area contributed by atoms with Gasteiger partial charge in [-0.15, -0.1) is 35.0 Å². The molecule has 0 saturated heterocycles. The second kappa shape index (κ2) is 11.7. The van der Waals surface area contributed by atoms with Crippen molar-refractivity contribution >= 4 is 24.8 Å². The smallest absolute Gasteiger partial charge is 0.0716 e. The minimum atomic E-state index is 0. The van der Waals surface area contributed by atoms with E-state index >= 15 is 0 Å². The lowest BCUT2D eigenvalue weighted by Gasteiger charge is -1.70. The zero-order valence-corrected chi connectivity index (χ0v) is 8.73. The largest absolute Gasteiger partial charge is 0.265 e. The second-order valence-electron chi connectivity index (χ2n) is 1.73. The topological polar surface area (TPSA) is 64.5 Å². The maximum Gasteiger partial charge on any atom is 0.0716 e. The molecule has 0 N–H and O–H groups in total. The fourth-order valence-corrected chi connectivity index (χ4v) is 0.478. The summed E-state index contributed by atoms with van der Waals surface area (Å²) in [6, 6.07) is 5.72. The fourth-order valence-electron chi connectivity index (χ4n) is 0.478. The van der Waals surface area contributed by atoms with Crippen LogP contribution in [0.2, 0.25) is 0 Å². The molecule has 0 amide bonds. The van der Waals surface area contributed by atoms with Crippen molar-refractivity contribution < 1.29 is 0 Å². The van der Waals surface area contributed by atoms with Gasteiger partial charge in [0.2, 0.25) is 0 Å². The van der Waals surface area contributed by atoms with Crippen molar-refractivity contribution in [1.29, 1.82) is 0 Å². The Kier molecular flexibility index (Phi) is 12.6. The Hall–Kier alpha value is -1.33. The minimum Gasteiger partial charge on any atom is -0.265 e. The van der Waals surface area contributed by atoms with Crippen molar-refractivity contribution in [2.75, 3.05) is 0 Å². The fraction of sp³-hybridized carbons (Fsp3) is 0. The molecule has 0 aromatic carbocycles. The molecule has 0 aliphatic heterocycles. The van der Waals surface area contributed by atoms with Gasteiger partial charge in [-0.25, -0.2) is 0 Å². The van der Waals surface area contributed by atoms with Crippen molar-refractivity contribution in [3.05, 3.63) is 43.0 Å². The van der Waals surface area contributed by atoms with E-state index in [-0.39, 0.29) is 24.8 Å². The van der Waals surface area contributed by atoms with Gasteiger partial charge < -0.3 is 0 Å². The van der Waals surface area contributed by atoms with Crippen LogP contribution in [0.3, 0.4) is 0 Å². The first-order valence-electron chi connectivity index (χ1n) is 3.30. The number of pyridine rings is 1. The van der Waals surface area contributed by atoms with Crippen molar-refractivity contribution in [1.82, 2.24) is 25.6 Å². The lowest BCUT2D eigenvalue weighted by Crippen LogP contribution is -1.84. The number of rotatable bonds is 0. The van der Waals surface area contributed by atoms with Gasteiger partial charge in [0.1, 0.15) is 0 Å². The predicted octanol–water partition coefficient (Wildman–Crippen LogP) is 1.19. The van der Waals surface area contributed by atoms with E-state index in [1.807, 2.05) is 18.2 Å². The van der Waals surface area contributed by atoms with Gasteiger partial charge in [-0.05, 0) is 22.6 Å². The minimum absolute atomic E-state index is 0. The van der Waals surface area contributed by atoms with Crippen LogP contribution < -0.4 is 0 Å². The highest BCUT2D eigenvalue weighted by Gasteiger charge is 1.61. The van der Waals surface area contributed by atoms with Crippen molar-refractivity contribution in [3.63, 3.8) is 0 Å². The van der Waals surface area contributed by atoms with Crippen molar-refractivity contribution in [3.8, 4) is 0 Å². The van der Waals surface area contributed by atoms with Gasteiger partial charge in [-0.2, -0.15) is 0 Å². The molecule has 76 valence electrons. The highest BCUT2D eigenvalue weighted by molar-refractivity contribution is 5.85. The van der Waals surface area contributed by atoms with E-state index in [1.54, 1.807) is 12.4 Å². The Bertz CT molecular complexity index is 195. The van der Waals surface area contributed by atoms with Gasteiger partial charge in [0, 0.05) is 12.4 Å². The monoisotopic (exact) mass is 233 g/mol. The van der Waals surface area contributed by atoms with E-state index in [4.69, 9.17) is 0 Å². The summed E-state index contributed by atoms with van der Waals surface area (Å²) in [5.74, 6) is 0. The third kappa shape index (κ3) is 8.76. The third-order valence-electron chi connectivity index (χ3n) is 0.910. The molecule has 2 aromatic rings. The van der Waals surface area contributed by atoms with E-state index in [0.717, 1.165) is 0 Å². The van der Waals surface area contributed by atoms with Crippen LogP contribution in [0.25, 0.3) is 0 Å². The van der Waals surface area contributed by atoms with Crippen LogP contribution in [0, 0.1) is 0 Å². The lowest BCUT2D eigenvalue weighted by molar-refractivity contribution is 0.761. The maximum absolute atomic E-state index is 3.78. The summed E-state index contributed by atoms with van der Waals surface area (Å²) in [5.41, 5.74) is 0. The Morgan fingerprint density at radius 1 is 0.571 bits per heavy atom. The Balaban J connectivity index is 0. The van der Waals surface area contributed by atoms with Crippen LogP contribution in [-0.2, 0) is 0 Å². The number of hydrogen-bond donors (Lipinski definition) is 0. The molecule has 7 heteroatoms. The maximum atomic E-state index is 3.78. The first-order chi connectivity index (χ1) is 6.00. The molecule has 0 spiro atoms. The SMILES string of the molecule is Cl.Cl.c1ccncc1.c1cnnnn1. The average molecular weight is 234 g/mol. The van der Waals surface area contributed by atoms with E-state index < -0.39 is 0 Å². The van der Waals surface area contributed by atoms with Gasteiger partial charge in [0.25, 0.3) is 0 Å². The van der Waals surface area contributed by atoms with Crippen LogP contribution in [0.5, 0.6) is 0 Å². The van der Waals surface area contributed by atoms with Gasteiger partial charge in [-0.3, -0.25) is 4.98 Å². The summed E-state index contributed by atoms with van der Waals surface area (Å²) >= 11 is 0. The van der Waals surface area contributed by atoms with E-state index in [1.165, 1.54) is 12.4 Å². The van der Waals surface area contributed by atoms with Crippen LogP contribution >= 0.6 is 24.8 Å². The molecular weight excluding hydrogens is 225 g/mol. The quantitative estimate of drug-likeness (QED) is 0.685. The molecule has 0 unspecified atom stereocenters. The Morgan fingerprint density at radius 3 is 1.21 bits per heavy atom.